The highest BCUT2D eigenvalue weighted by Crippen LogP contribution is 2.33. The first kappa shape index (κ1) is 13.8. The number of hydrogen-bond donors (Lipinski definition) is 2. The average molecular weight is 317 g/mol. The standard InChI is InChI=1S/C14H11N3O2S2/c18-12(19)8-20-14-15-13(16-17-14)11-7-6-10(21-11)9-4-2-1-3-5-9/h1-7H,8H2,(H,18,19)(H,15,16,17). The summed E-state index contributed by atoms with van der Waals surface area (Å²) in [5, 5.41) is 17.2. The van der Waals surface area contributed by atoms with Crippen LogP contribution in [0.3, 0.4) is 0 Å². The van der Waals surface area contributed by atoms with E-state index >= 15 is 0 Å². The lowest BCUT2D eigenvalue weighted by atomic mass is 10.2. The van der Waals surface area contributed by atoms with E-state index in [0.29, 0.717) is 11.0 Å². The SMILES string of the molecule is O=C(O)CSc1nnc(-c2ccc(-c3ccccc3)s2)[nH]1. The summed E-state index contributed by atoms with van der Waals surface area (Å²) >= 11 is 2.74. The second-order valence-electron chi connectivity index (χ2n) is 4.19. The maximum absolute atomic E-state index is 10.5. The summed E-state index contributed by atoms with van der Waals surface area (Å²) in [6.07, 6.45) is 0. The van der Waals surface area contributed by atoms with Crippen molar-refractivity contribution in [2.75, 3.05) is 5.75 Å². The number of carboxylic acid groups (broad SMARTS) is 1. The molecule has 21 heavy (non-hydrogen) atoms. The van der Waals surface area contributed by atoms with Crippen LogP contribution >= 0.6 is 23.1 Å². The Morgan fingerprint density at radius 2 is 1.90 bits per heavy atom. The van der Waals surface area contributed by atoms with Crippen molar-refractivity contribution in [1.29, 1.82) is 0 Å². The van der Waals surface area contributed by atoms with Gasteiger partial charge >= 0.3 is 5.97 Å². The van der Waals surface area contributed by atoms with E-state index in [1.165, 1.54) is 0 Å². The molecule has 5 nitrogen and oxygen atoms in total. The number of carboxylic acids is 1. The molecule has 3 aromatic rings. The Labute approximate surface area is 129 Å². The van der Waals surface area contributed by atoms with E-state index in [2.05, 4.69) is 27.3 Å². The first-order chi connectivity index (χ1) is 10.2. The summed E-state index contributed by atoms with van der Waals surface area (Å²) in [6.45, 7) is 0. The zero-order valence-electron chi connectivity index (χ0n) is 10.8. The summed E-state index contributed by atoms with van der Waals surface area (Å²) < 4.78 is 0. The van der Waals surface area contributed by atoms with Crippen LogP contribution in [-0.2, 0) is 4.79 Å². The van der Waals surface area contributed by atoms with Crippen LogP contribution in [-0.4, -0.2) is 32.0 Å². The summed E-state index contributed by atoms with van der Waals surface area (Å²) in [7, 11) is 0. The van der Waals surface area contributed by atoms with E-state index in [1.807, 2.05) is 30.3 Å². The number of thiophene rings is 1. The predicted molar refractivity (Wildman–Crippen MR) is 83.5 cm³/mol. The van der Waals surface area contributed by atoms with Crippen molar-refractivity contribution in [2.45, 2.75) is 5.16 Å². The molecule has 0 radical (unpaired) electrons. The number of rotatable bonds is 5. The molecule has 0 fully saturated rings. The minimum absolute atomic E-state index is 0.0334. The van der Waals surface area contributed by atoms with E-state index in [0.717, 1.165) is 27.1 Å². The van der Waals surface area contributed by atoms with Gasteiger partial charge in [0, 0.05) is 4.88 Å². The molecular weight excluding hydrogens is 306 g/mol. The number of carbonyl (C=O) groups is 1. The summed E-state index contributed by atoms with van der Waals surface area (Å²) in [5.74, 6) is -0.246. The molecule has 0 aliphatic heterocycles. The van der Waals surface area contributed by atoms with Crippen molar-refractivity contribution in [3.63, 3.8) is 0 Å². The van der Waals surface area contributed by atoms with Gasteiger partial charge in [-0.25, -0.2) is 0 Å². The van der Waals surface area contributed by atoms with Crippen LogP contribution in [0.25, 0.3) is 21.1 Å². The highest BCUT2D eigenvalue weighted by Gasteiger charge is 2.10. The molecule has 106 valence electrons. The highest BCUT2D eigenvalue weighted by atomic mass is 32.2. The van der Waals surface area contributed by atoms with Gasteiger partial charge in [0.2, 0.25) is 0 Å². The number of benzene rings is 1. The van der Waals surface area contributed by atoms with E-state index < -0.39 is 5.97 Å². The number of thioether (sulfide) groups is 1. The minimum atomic E-state index is -0.875. The van der Waals surface area contributed by atoms with Crippen molar-refractivity contribution in [3.8, 4) is 21.1 Å². The van der Waals surface area contributed by atoms with Crippen LogP contribution < -0.4 is 0 Å². The predicted octanol–water partition coefficient (Wildman–Crippen LogP) is 3.38. The first-order valence-electron chi connectivity index (χ1n) is 6.15. The molecule has 2 N–H and O–H groups in total. The van der Waals surface area contributed by atoms with Crippen molar-refractivity contribution >= 4 is 29.1 Å². The number of H-pyrrole nitrogens is 1. The van der Waals surface area contributed by atoms with Crippen molar-refractivity contribution in [1.82, 2.24) is 15.2 Å². The summed E-state index contributed by atoms with van der Waals surface area (Å²) in [5.41, 5.74) is 1.16. The number of nitrogens with one attached hydrogen (secondary N) is 1. The number of aliphatic carboxylic acids is 1. The molecule has 0 saturated carbocycles. The normalized spacial score (nSPS) is 10.7. The second kappa shape index (κ2) is 6.11. The van der Waals surface area contributed by atoms with Gasteiger partial charge in [0.05, 0.1) is 10.6 Å². The van der Waals surface area contributed by atoms with Crippen LogP contribution in [0.15, 0.2) is 47.6 Å². The fourth-order valence-electron chi connectivity index (χ4n) is 1.78. The zero-order valence-corrected chi connectivity index (χ0v) is 12.4. The molecule has 2 heterocycles. The summed E-state index contributed by atoms with van der Waals surface area (Å²) in [6, 6.07) is 14.1. The maximum atomic E-state index is 10.5. The van der Waals surface area contributed by atoms with Gasteiger partial charge in [-0.2, -0.15) is 0 Å². The van der Waals surface area contributed by atoms with Crippen LogP contribution in [0.1, 0.15) is 0 Å². The molecule has 0 saturated heterocycles. The Hall–Kier alpha value is -2.12. The molecule has 0 atom stereocenters. The topological polar surface area (TPSA) is 78.9 Å². The van der Waals surface area contributed by atoms with Gasteiger partial charge in [-0.3, -0.25) is 4.79 Å². The molecule has 0 bridgehead atoms. The van der Waals surface area contributed by atoms with E-state index in [1.54, 1.807) is 11.3 Å². The molecule has 3 rings (SSSR count). The van der Waals surface area contributed by atoms with Gasteiger partial charge in [-0.05, 0) is 17.7 Å². The van der Waals surface area contributed by atoms with Crippen LogP contribution in [0.5, 0.6) is 0 Å². The van der Waals surface area contributed by atoms with Crippen LogP contribution in [0, 0.1) is 0 Å². The molecule has 2 aromatic heterocycles. The summed E-state index contributed by atoms with van der Waals surface area (Å²) in [4.78, 5) is 15.7. The lowest BCUT2D eigenvalue weighted by Gasteiger charge is -1.94. The fourth-order valence-corrected chi connectivity index (χ4v) is 3.25. The van der Waals surface area contributed by atoms with Crippen molar-refractivity contribution in [3.05, 3.63) is 42.5 Å². The van der Waals surface area contributed by atoms with Gasteiger partial charge in [-0.15, -0.1) is 21.5 Å². The smallest absolute Gasteiger partial charge is 0.313 e. The first-order valence-corrected chi connectivity index (χ1v) is 7.95. The second-order valence-corrected chi connectivity index (χ2v) is 6.24. The number of nitrogens with zero attached hydrogens (tertiary/aromatic N) is 2. The lowest BCUT2D eigenvalue weighted by molar-refractivity contribution is -0.133. The average Bonchev–Trinajstić information content (AvgIpc) is 3.15. The molecular formula is C14H11N3O2S2. The highest BCUT2D eigenvalue weighted by molar-refractivity contribution is 7.99. The Kier molecular flexibility index (Phi) is 4.03. The van der Waals surface area contributed by atoms with Crippen LogP contribution in [0.4, 0.5) is 0 Å². The lowest BCUT2D eigenvalue weighted by Crippen LogP contribution is -1.97. The molecule has 0 amide bonds. The van der Waals surface area contributed by atoms with Crippen molar-refractivity contribution < 1.29 is 9.90 Å². The molecule has 0 unspecified atom stereocenters. The number of hydrogen-bond acceptors (Lipinski definition) is 5. The Morgan fingerprint density at radius 3 is 2.67 bits per heavy atom. The molecule has 7 heteroatoms. The largest absolute Gasteiger partial charge is 0.481 e. The third-order valence-corrected chi connectivity index (χ3v) is 4.69. The molecule has 0 aliphatic rings. The fraction of sp³-hybridized carbons (Fsp3) is 0.0714. The number of aromatic nitrogens is 3. The van der Waals surface area contributed by atoms with Crippen LogP contribution in [0.2, 0.25) is 0 Å². The Morgan fingerprint density at radius 1 is 1.14 bits per heavy atom. The molecule has 0 aliphatic carbocycles. The Balaban J connectivity index is 1.79. The van der Waals surface area contributed by atoms with E-state index in [4.69, 9.17) is 5.11 Å². The molecule has 0 spiro atoms. The Bertz CT molecular complexity index is 752. The van der Waals surface area contributed by atoms with Crippen molar-refractivity contribution in [2.24, 2.45) is 0 Å². The maximum Gasteiger partial charge on any atom is 0.313 e. The quantitative estimate of drug-likeness (QED) is 0.705. The van der Waals surface area contributed by atoms with Gasteiger partial charge in [0.15, 0.2) is 11.0 Å². The van der Waals surface area contributed by atoms with Gasteiger partial charge in [-0.1, -0.05) is 42.1 Å². The third-order valence-electron chi connectivity index (χ3n) is 2.70. The molecule has 1 aromatic carbocycles. The van der Waals surface area contributed by atoms with Gasteiger partial charge in [0.1, 0.15) is 0 Å². The van der Waals surface area contributed by atoms with E-state index in [-0.39, 0.29) is 5.75 Å². The number of aromatic amines is 1. The third kappa shape index (κ3) is 3.32. The minimum Gasteiger partial charge on any atom is -0.481 e. The monoisotopic (exact) mass is 317 g/mol. The van der Waals surface area contributed by atoms with E-state index in [9.17, 15) is 4.79 Å². The zero-order chi connectivity index (χ0) is 14.7. The van der Waals surface area contributed by atoms with Gasteiger partial charge < -0.3 is 10.1 Å². The van der Waals surface area contributed by atoms with Gasteiger partial charge in [0.25, 0.3) is 0 Å².